The number of allylic oxidation sites excluding steroid dienone is 1. The Labute approximate surface area is 221 Å². The molecule has 2 aliphatic rings. The second-order valence-electron chi connectivity index (χ2n) is 9.34. The number of hydrogen-bond donors (Lipinski definition) is 0. The van der Waals surface area contributed by atoms with Crippen LogP contribution in [0.2, 0.25) is 0 Å². The predicted molar refractivity (Wildman–Crippen MR) is 144 cm³/mol. The Morgan fingerprint density at radius 1 is 0.974 bits per heavy atom. The molecule has 0 atom stereocenters. The number of carbonyl (C=O) groups is 1. The maximum atomic E-state index is 13.8. The topological polar surface area (TPSA) is 70.4 Å². The van der Waals surface area contributed by atoms with Gasteiger partial charge in [0, 0.05) is 42.2 Å². The molecule has 4 aromatic rings. The molecule has 0 radical (unpaired) electrons. The number of hydrogen-bond acceptors (Lipinski definition) is 7. The highest BCUT2D eigenvalue weighted by Gasteiger charge is 2.25. The zero-order valence-corrected chi connectivity index (χ0v) is 21.3. The molecule has 1 aromatic heterocycles. The molecule has 38 heavy (non-hydrogen) atoms. The van der Waals surface area contributed by atoms with Gasteiger partial charge in [0.15, 0.2) is 5.76 Å². The molecule has 0 N–H and O–H groups in total. The van der Waals surface area contributed by atoms with Crippen LogP contribution in [0.3, 0.4) is 0 Å². The van der Waals surface area contributed by atoms with Crippen LogP contribution in [-0.4, -0.2) is 57.2 Å². The van der Waals surface area contributed by atoms with Crippen LogP contribution in [0.1, 0.15) is 21.7 Å². The lowest BCUT2D eigenvalue weighted by Gasteiger charge is -2.26. The van der Waals surface area contributed by atoms with Gasteiger partial charge in [-0.3, -0.25) is 9.69 Å². The van der Waals surface area contributed by atoms with Crippen molar-refractivity contribution in [1.29, 1.82) is 0 Å². The van der Waals surface area contributed by atoms with Crippen molar-refractivity contribution in [3.8, 4) is 28.4 Å². The number of morpholine rings is 1. The molecule has 3 aromatic carbocycles. The average molecular weight is 512 g/mol. The maximum Gasteiger partial charge on any atom is 0.228 e. The number of ether oxygens (including phenoxy) is 4. The van der Waals surface area contributed by atoms with E-state index in [9.17, 15) is 4.79 Å². The summed E-state index contributed by atoms with van der Waals surface area (Å²) in [5.41, 5.74) is 3.82. The van der Waals surface area contributed by atoms with E-state index >= 15 is 0 Å². The smallest absolute Gasteiger partial charge is 0.228 e. The van der Waals surface area contributed by atoms with E-state index in [4.69, 9.17) is 23.4 Å². The van der Waals surface area contributed by atoms with Crippen molar-refractivity contribution in [2.75, 3.05) is 46.6 Å². The molecule has 6 rings (SSSR count). The molecule has 7 nitrogen and oxygen atoms in total. The highest BCUT2D eigenvalue weighted by atomic mass is 16.5. The molecule has 0 spiro atoms. The Balaban J connectivity index is 1.29. The van der Waals surface area contributed by atoms with Gasteiger partial charge in [0.25, 0.3) is 0 Å². The van der Waals surface area contributed by atoms with Crippen molar-refractivity contribution in [2.24, 2.45) is 0 Å². The molecule has 1 saturated heterocycles. The summed E-state index contributed by atoms with van der Waals surface area (Å²) in [6.07, 6.45) is 4.41. The normalized spacial score (nSPS) is 15.2. The summed E-state index contributed by atoms with van der Waals surface area (Å²) in [7, 11) is 1.63. The van der Waals surface area contributed by atoms with Crippen LogP contribution in [0, 0.1) is 0 Å². The maximum absolute atomic E-state index is 13.8. The first-order valence-corrected chi connectivity index (χ1v) is 12.8. The molecule has 1 fully saturated rings. The van der Waals surface area contributed by atoms with E-state index in [1.54, 1.807) is 25.5 Å². The summed E-state index contributed by atoms with van der Waals surface area (Å²) in [5.74, 6) is 2.32. The Kier molecular flexibility index (Phi) is 6.86. The molecule has 194 valence electrons. The minimum atomic E-state index is -0.191. The van der Waals surface area contributed by atoms with Crippen molar-refractivity contribution in [3.05, 3.63) is 89.9 Å². The first-order chi connectivity index (χ1) is 18.7. The molecule has 3 heterocycles. The molecular formula is C31H29NO6. The highest BCUT2D eigenvalue weighted by Crippen LogP contribution is 2.40. The van der Waals surface area contributed by atoms with Gasteiger partial charge in [0.2, 0.25) is 5.78 Å². The van der Waals surface area contributed by atoms with Gasteiger partial charge in [-0.25, -0.2) is 0 Å². The first kappa shape index (κ1) is 24.3. The summed E-state index contributed by atoms with van der Waals surface area (Å²) in [6.45, 7) is 4.82. The SMILES string of the molecule is COc1ccc(-c2c(C(=O)c3ccc(OCCN4CCOCC4)cc3)oc3cc4c(cc23)CC=CO4)cc1. The van der Waals surface area contributed by atoms with Crippen molar-refractivity contribution < 1.29 is 28.2 Å². The molecule has 7 heteroatoms. The Morgan fingerprint density at radius 2 is 1.74 bits per heavy atom. The number of benzene rings is 3. The Bertz CT molecular complexity index is 1460. The molecule has 0 unspecified atom stereocenters. The summed E-state index contributed by atoms with van der Waals surface area (Å²) < 4.78 is 28.5. The average Bonchev–Trinajstić information content (AvgIpc) is 3.34. The minimum Gasteiger partial charge on any atom is -0.497 e. The van der Waals surface area contributed by atoms with Crippen LogP contribution in [0.4, 0.5) is 0 Å². The number of rotatable bonds is 8. The standard InChI is InChI=1S/C31H29NO6/c1-34-24-8-4-21(5-9-24)29-26-19-23-3-2-15-37-27(23)20-28(26)38-31(29)30(33)22-6-10-25(11-7-22)36-18-14-32-12-16-35-17-13-32/h2,4-11,15,19-20H,3,12-14,16-18H2,1H3. The van der Waals surface area contributed by atoms with Crippen LogP contribution in [0.5, 0.6) is 17.2 Å². The third kappa shape index (κ3) is 4.90. The lowest BCUT2D eigenvalue weighted by molar-refractivity contribution is 0.0322. The van der Waals surface area contributed by atoms with E-state index < -0.39 is 0 Å². The Morgan fingerprint density at radius 3 is 2.50 bits per heavy atom. The van der Waals surface area contributed by atoms with E-state index in [0.29, 0.717) is 23.5 Å². The Hall–Kier alpha value is -4.07. The quantitative estimate of drug-likeness (QED) is 0.289. The lowest BCUT2D eigenvalue weighted by Crippen LogP contribution is -2.38. The summed E-state index contributed by atoms with van der Waals surface area (Å²) in [5, 5.41) is 0.874. The van der Waals surface area contributed by atoms with Gasteiger partial charge in [0.05, 0.1) is 26.6 Å². The largest absolute Gasteiger partial charge is 0.497 e. The van der Waals surface area contributed by atoms with Crippen molar-refractivity contribution >= 4 is 16.8 Å². The van der Waals surface area contributed by atoms with Gasteiger partial charge in [-0.1, -0.05) is 12.1 Å². The molecular weight excluding hydrogens is 482 g/mol. The summed E-state index contributed by atoms with van der Waals surface area (Å²) in [4.78, 5) is 16.1. The molecule has 2 aliphatic heterocycles. The van der Waals surface area contributed by atoms with Gasteiger partial charge >= 0.3 is 0 Å². The lowest BCUT2D eigenvalue weighted by atomic mass is 9.96. The molecule has 0 amide bonds. The van der Waals surface area contributed by atoms with Gasteiger partial charge in [-0.2, -0.15) is 0 Å². The van der Waals surface area contributed by atoms with E-state index in [1.165, 1.54) is 0 Å². The zero-order chi connectivity index (χ0) is 25.9. The van der Waals surface area contributed by atoms with E-state index in [0.717, 1.165) is 78.6 Å². The fourth-order valence-corrected chi connectivity index (χ4v) is 4.89. The molecule has 0 saturated carbocycles. The summed E-state index contributed by atoms with van der Waals surface area (Å²) in [6, 6.07) is 18.8. The number of ketones is 1. The minimum absolute atomic E-state index is 0.191. The number of methoxy groups -OCH3 is 1. The fraction of sp³-hybridized carbons (Fsp3) is 0.258. The van der Waals surface area contributed by atoms with Crippen molar-refractivity contribution in [1.82, 2.24) is 4.90 Å². The third-order valence-corrected chi connectivity index (χ3v) is 6.98. The number of nitrogens with zero attached hydrogens (tertiary/aromatic N) is 1. The number of fused-ring (bicyclic) bond motifs is 2. The van der Waals surface area contributed by atoms with E-state index in [-0.39, 0.29) is 5.78 Å². The van der Waals surface area contributed by atoms with Crippen LogP contribution in [-0.2, 0) is 11.2 Å². The number of carbonyl (C=O) groups excluding carboxylic acids is 1. The molecule has 0 aliphatic carbocycles. The van der Waals surface area contributed by atoms with Gasteiger partial charge in [-0.15, -0.1) is 0 Å². The van der Waals surface area contributed by atoms with Crippen LogP contribution in [0.15, 0.2) is 77.4 Å². The highest BCUT2D eigenvalue weighted by molar-refractivity contribution is 6.16. The van der Waals surface area contributed by atoms with E-state index in [1.807, 2.05) is 48.5 Å². The second-order valence-corrected chi connectivity index (χ2v) is 9.34. The van der Waals surface area contributed by atoms with Crippen molar-refractivity contribution in [2.45, 2.75) is 6.42 Å². The third-order valence-electron chi connectivity index (χ3n) is 6.98. The second kappa shape index (κ2) is 10.7. The summed E-state index contributed by atoms with van der Waals surface area (Å²) >= 11 is 0. The number of furan rings is 1. The van der Waals surface area contributed by atoms with Crippen LogP contribution >= 0.6 is 0 Å². The monoisotopic (exact) mass is 511 g/mol. The van der Waals surface area contributed by atoms with Gasteiger partial charge in [0.1, 0.15) is 29.4 Å². The molecule has 0 bridgehead atoms. The van der Waals surface area contributed by atoms with Gasteiger partial charge < -0.3 is 23.4 Å². The van der Waals surface area contributed by atoms with Crippen LogP contribution < -0.4 is 14.2 Å². The van der Waals surface area contributed by atoms with E-state index in [2.05, 4.69) is 11.0 Å². The van der Waals surface area contributed by atoms with Crippen molar-refractivity contribution in [3.63, 3.8) is 0 Å². The van der Waals surface area contributed by atoms with Gasteiger partial charge in [-0.05, 0) is 66.1 Å². The predicted octanol–water partition coefficient (Wildman–Crippen LogP) is 5.50. The fourth-order valence-electron chi connectivity index (χ4n) is 4.89. The first-order valence-electron chi connectivity index (χ1n) is 12.8. The van der Waals surface area contributed by atoms with Crippen LogP contribution in [0.25, 0.3) is 22.1 Å². The zero-order valence-electron chi connectivity index (χ0n) is 21.3.